The molecular weight excluding hydrogens is 715 g/mol. The van der Waals surface area contributed by atoms with Crippen LogP contribution in [0.3, 0.4) is 0 Å². The zero-order chi connectivity index (χ0) is 38.9. The quantitative estimate of drug-likeness (QED) is 0.157. The van der Waals surface area contributed by atoms with Crippen molar-refractivity contribution in [2.45, 2.75) is 69.1 Å². The first-order chi connectivity index (χ1) is 27.7. The second kappa shape index (κ2) is 14.0. The van der Waals surface area contributed by atoms with Gasteiger partial charge in [-0.2, -0.15) is 0 Å². The summed E-state index contributed by atoms with van der Waals surface area (Å²) < 4.78 is 12.9. The molecule has 0 aliphatic carbocycles. The normalized spacial score (nSPS) is 13.7. The van der Waals surface area contributed by atoms with Crippen LogP contribution >= 0.6 is 11.8 Å². The van der Waals surface area contributed by atoms with Gasteiger partial charge in [-0.05, 0) is 119 Å². The van der Waals surface area contributed by atoms with Gasteiger partial charge >= 0.3 is 0 Å². The molecule has 0 N–H and O–H groups in total. The van der Waals surface area contributed by atoms with Gasteiger partial charge in [-0.3, -0.25) is 0 Å². The molecule has 0 aromatic heterocycles. The van der Waals surface area contributed by atoms with E-state index in [4.69, 9.17) is 9.47 Å². The zero-order valence-corrected chi connectivity index (χ0v) is 34.1. The highest BCUT2D eigenvalue weighted by Crippen LogP contribution is 2.52. The Morgan fingerprint density at radius 3 is 1.16 bits per heavy atom. The molecule has 0 amide bonds. The number of anilines is 6. The van der Waals surface area contributed by atoms with Crippen LogP contribution in [0.4, 0.5) is 34.1 Å². The largest absolute Gasteiger partial charge is 0.453 e. The van der Waals surface area contributed by atoms with Gasteiger partial charge in [0.2, 0.25) is 6.71 Å². The van der Waals surface area contributed by atoms with E-state index in [1.54, 1.807) is 0 Å². The van der Waals surface area contributed by atoms with Crippen molar-refractivity contribution in [3.05, 3.63) is 162 Å². The topological polar surface area (TPSA) is 24.9 Å². The highest BCUT2D eigenvalue weighted by atomic mass is 32.2. The van der Waals surface area contributed by atoms with Crippen LogP contribution in [-0.2, 0) is 0 Å². The first-order valence-electron chi connectivity index (χ1n) is 20.2. The Kier molecular flexibility index (Phi) is 8.71. The van der Waals surface area contributed by atoms with Crippen LogP contribution < -0.4 is 35.7 Å². The Hall–Kier alpha value is -5.85. The second-order valence-electron chi connectivity index (χ2n) is 16.3. The summed E-state index contributed by atoms with van der Waals surface area (Å²) in [4.78, 5) is 7.33. The predicted molar refractivity (Wildman–Crippen MR) is 240 cm³/mol. The first-order valence-corrected chi connectivity index (χ1v) is 21.0. The van der Waals surface area contributed by atoms with Gasteiger partial charge in [-0.25, -0.2) is 0 Å². The van der Waals surface area contributed by atoms with Crippen LogP contribution in [-0.4, -0.2) is 6.71 Å². The molecule has 6 heteroatoms. The van der Waals surface area contributed by atoms with Crippen molar-refractivity contribution in [3.8, 4) is 23.0 Å². The highest BCUT2D eigenvalue weighted by molar-refractivity contribution is 8.00. The third kappa shape index (κ3) is 5.92. The average Bonchev–Trinajstić information content (AvgIpc) is 3.23. The molecule has 0 unspecified atom stereocenters. The van der Waals surface area contributed by atoms with Crippen LogP contribution in [0.1, 0.15) is 76.0 Å². The van der Waals surface area contributed by atoms with Crippen molar-refractivity contribution in [1.82, 2.24) is 0 Å². The van der Waals surface area contributed by atoms with Crippen LogP contribution in [0.15, 0.2) is 155 Å². The van der Waals surface area contributed by atoms with Crippen molar-refractivity contribution in [2.24, 2.45) is 0 Å². The summed E-state index contributed by atoms with van der Waals surface area (Å²) in [5, 5.41) is 0. The molecule has 0 saturated heterocycles. The minimum atomic E-state index is -0.00906. The van der Waals surface area contributed by atoms with Gasteiger partial charge in [0.05, 0.1) is 22.7 Å². The lowest BCUT2D eigenvalue weighted by Gasteiger charge is -2.36. The Bertz CT molecular complexity index is 2440. The molecule has 10 rings (SSSR count). The lowest BCUT2D eigenvalue weighted by molar-refractivity contribution is 0.477. The highest BCUT2D eigenvalue weighted by Gasteiger charge is 2.38. The molecule has 0 bridgehead atoms. The van der Waals surface area contributed by atoms with Crippen LogP contribution in [0.25, 0.3) is 0 Å². The molecule has 3 aliphatic heterocycles. The van der Waals surface area contributed by atoms with Crippen molar-refractivity contribution < 1.29 is 9.47 Å². The van der Waals surface area contributed by atoms with Gasteiger partial charge in [0.25, 0.3) is 0 Å². The molecule has 0 atom stereocenters. The maximum absolute atomic E-state index is 6.45. The molecule has 57 heavy (non-hydrogen) atoms. The Morgan fingerprint density at radius 1 is 0.439 bits per heavy atom. The number of benzene rings is 7. The maximum Gasteiger partial charge on any atom is 0.245 e. The fraction of sp³-hybridized carbons (Fsp3) is 0.176. The number of rotatable bonds is 6. The Labute approximate surface area is 341 Å². The molecule has 4 nitrogen and oxygen atoms in total. The molecule has 0 radical (unpaired) electrons. The maximum atomic E-state index is 6.45. The molecule has 0 fully saturated rings. The number of nitrogens with zero attached hydrogens (tertiary/aromatic N) is 2. The first kappa shape index (κ1) is 35.6. The molecule has 3 heterocycles. The van der Waals surface area contributed by atoms with E-state index in [2.05, 4.69) is 173 Å². The van der Waals surface area contributed by atoms with Crippen LogP contribution in [0, 0.1) is 0 Å². The van der Waals surface area contributed by atoms with E-state index in [0.717, 1.165) is 57.1 Å². The number of hydrogen-bond acceptors (Lipinski definition) is 5. The molecule has 0 saturated carbocycles. The third-order valence-corrected chi connectivity index (χ3v) is 12.9. The summed E-state index contributed by atoms with van der Waals surface area (Å²) in [6, 6.07) is 52.7. The molecule has 280 valence electrons. The Morgan fingerprint density at radius 2 is 0.807 bits per heavy atom. The standard InChI is InChI=1S/C51H45BN2O2S/c1-31(2)34-27-37(32(3)4)51(38(28-34)33(5)6)52-39-29-35(53-41-15-7-11-19-45(41)55-46-20-12-8-16-42(46)53)23-25-49(39)57-50-26-24-36(30-40(50)52)54-43-17-9-13-21-47(43)56-48-22-14-10-18-44(48)54/h7-33H,1-6H3. The lowest BCUT2D eigenvalue weighted by atomic mass is 9.34. The van der Waals surface area contributed by atoms with Gasteiger partial charge in [0.15, 0.2) is 23.0 Å². The summed E-state index contributed by atoms with van der Waals surface area (Å²) in [5.74, 6) is 4.52. The van der Waals surface area contributed by atoms with Crippen molar-refractivity contribution in [2.75, 3.05) is 9.80 Å². The summed E-state index contributed by atoms with van der Waals surface area (Å²) in [7, 11) is 0. The minimum absolute atomic E-state index is 0.00906. The third-order valence-electron chi connectivity index (χ3n) is 11.7. The molecule has 0 spiro atoms. The minimum Gasteiger partial charge on any atom is -0.453 e. The van der Waals surface area contributed by atoms with E-state index in [0.29, 0.717) is 17.8 Å². The number of para-hydroxylation sites is 8. The summed E-state index contributed by atoms with van der Waals surface area (Å²) in [6.07, 6.45) is 0. The summed E-state index contributed by atoms with van der Waals surface area (Å²) in [6.45, 7) is 14.1. The van der Waals surface area contributed by atoms with E-state index in [1.165, 1.54) is 42.9 Å². The number of ether oxygens (including phenoxy) is 2. The van der Waals surface area contributed by atoms with Crippen molar-refractivity contribution >= 4 is 69.0 Å². The van der Waals surface area contributed by atoms with E-state index in [1.807, 2.05) is 36.0 Å². The summed E-state index contributed by atoms with van der Waals surface area (Å²) in [5.41, 5.74) is 14.7. The number of hydrogen-bond donors (Lipinski definition) is 0. The van der Waals surface area contributed by atoms with Gasteiger partial charge < -0.3 is 19.3 Å². The van der Waals surface area contributed by atoms with Gasteiger partial charge in [-0.15, -0.1) is 0 Å². The molecule has 7 aromatic rings. The van der Waals surface area contributed by atoms with Crippen LogP contribution in [0.5, 0.6) is 23.0 Å². The zero-order valence-electron chi connectivity index (χ0n) is 33.3. The monoisotopic (exact) mass is 760 g/mol. The van der Waals surface area contributed by atoms with Gasteiger partial charge in [0, 0.05) is 21.2 Å². The predicted octanol–water partition coefficient (Wildman–Crippen LogP) is 13.2. The molecule has 3 aliphatic rings. The molecular formula is C51H45BN2O2S. The Balaban J connectivity index is 1.24. The fourth-order valence-electron chi connectivity index (χ4n) is 8.89. The van der Waals surface area contributed by atoms with E-state index in [-0.39, 0.29) is 6.71 Å². The summed E-state index contributed by atoms with van der Waals surface area (Å²) >= 11 is 1.88. The van der Waals surface area contributed by atoms with Crippen molar-refractivity contribution in [1.29, 1.82) is 0 Å². The van der Waals surface area contributed by atoms with E-state index >= 15 is 0 Å². The van der Waals surface area contributed by atoms with Crippen LogP contribution in [0.2, 0.25) is 0 Å². The van der Waals surface area contributed by atoms with Gasteiger partial charge in [-0.1, -0.05) is 130 Å². The molecule has 7 aromatic carbocycles. The SMILES string of the molecule is CC(C)c1cc(C(C)C)c(B2c3cc(N4c5ccccc5Oc5ccccc54)ccc3Sc3ccc(N4c5ccccc5Oc5ccccc54)cc32)c(C(C)C)c1. The number of fused-ring (bicyclic) bond motifs is 6. The average molecular weight is 761 g/mol. The smallest absolute Gasteiger partial charge is 0.245 e. The van der Waals surface area contributed by atoms with E-state index < -0.39 is 0 Å². The lowest BCUT2D eigenvalue weighted by Crippen LogP contribution is -2.57. The second-order valence-corrected chi connectivity index (χ2v) is 17.4. The fourth-order valence-corrected chi connectivity index (χ4v) is 9.99. The van der Waals surface area contributed by atoms with Gasteiger partial charge in [0.1, 0.15) is 0 Å². The van der Waals surface area contributed by atoms with E-state index in [9.17, 15) is 0 Å². The van der Waals surface area contributed by atoms with Crippen molar-refractivity contribution in [3.63, 3.8) is 0 Å².